The fourth-order valence-corrected chi connectivity index (χ4v) is 3.43. The first kappa shape index (κ1) is 19.3. The number of rotatable bonds is 6. The molecule has 28 heavy (non-hydrogen) atoms. The molecule has 5 heteroatoms. The summed E-state index contributed by atoms with van der Waals surface area (Å²) in [7, 11) is 0. The number of nitrogens with zero attached hydrogens (tertiary/aromatic N) is 1. The van der Waals surface area contributed by atoms with Crippen molar-refractivity contribution >= 4 is 29.0 Å². The Morgan fingerprint density at radius 3 is 2.50 bits per heavy atom. The van der Waals surface area contributed by atoms with Crippen LogP contribution in [0.25, 0.3) is 0 Å². The van der Waals surface area contributed by atoms with Gasteiger partial charge in [0.15, 0.2) is 0 Å². The molecule has 2 N–H and O–H groups in total. The summed E-state index contributed by atoms with van der Waals surface area (Å²) in [4.78, 5) is 14.6. The molecular formula is C23H19N3OS. The molecule has 0 saturated heterocycles. The molecule has 3 aromatic carbocycles. The highest BCUT2D eigenvalue weighted by molar-refractivity contribution is 7.99. The van der Waals surface area contributed by atoms with E-state index in [-0.39, 0.29) is 5.57 Å². The summed E-state index contributed by atoms with van der Waals surface area (Å²) in [6.45, 7) is 1.98. The maximum absolute atomic E-state index is 12.6. The zero-order valence-electron chi connectivity index (χ0n) is 15.3. The van der Waals surface area contributed by atoms with Gasteiger partial charge in [-0.15, -0.1) is 0 Å². The van der Waals surface area contributed by atoms with Crippen molar-refractivity contribution in [3.05, 3.63) is 96.2 Å². The Morgan fingerprint density at radius 1 is 1.00 bits per heavy atom. The molecule has 0 atom stereocenters. The summed E-state index contributed by atoms with van der Waals surface area (Å²) in [6, 6.07) is 27.1. The van der Waals surface area contributed by atoms with Gasteiger partial charge < -0.3 is 10.6 Å². The monoisotopic (exact) mass is 385 g/mol. The summed E-state index contributed by atoms with van der Waals surface area (Å²) in [5.74, 6) is -0.455. The molecule has 0 saturated carbocycles. The van der Waals surface area contributed by atoms with Crippen molar-refractivity contribution in [3.63, 3.8) is 0 Å². The molecule has 138 valence electrons. The zero-order valence-corrected chi connectivity index (χ0v) is 16.2. The molecule has 0 heterocycles. The molecule has 0 unspecified atom stereocenters. The third kappa shape index (κ3) is 5.26. The molecule has 0 aliphatic rings. The quantitative estimate of drug-likeness (QED) is 0.428. The van der Waals surface area contributed by atoms with Gasteiger partial charge in [-0.25, -0.2) is 0 Å². The Labute approximate surface area is 168 Å². The second-order valence-corrected chi connectivity index (χ2v) is 7.16. The van der Waals surface area contributed by atoms with Crippen LogP contribution in [0, 0.1) is 18.3 Å². The number of nitrogens with one attached hydrogen (secondary N) is 2. The number of aryl methyl sites for hydroxylation is 1. The number of carbonyl (C=O) groups excluding carboxylic acids is 1. The van der Waals surface area contributed by atoms with E-state index in [2.05, 4.69) is 10.6 Å². The number of para-hydroxylation sites is 1. The van der Waals surface area contributed by atoms with Crippen LogP contribution < -0.4 is 10.6 Å². The maximum atomic E-state index is 12.6. The summed E-state index contributed by atoms with van der Waals surface area (Å²) in [6.07, 6.45) is 1.43. The number of amides is 1. The van der Waals surface area contributed by atoms with Crippen molar-refractivity contribution < 1.29 is 4.79 Å². The smallest absolute Gasteiger partial charge is 0.267 e. The van der Waals surface area contributed by atoms with Crippen molar-refractivity contribution in [2.75, 3.05) is 10.6 Å². The first-order valence-corrected chi connectivity index (χ1v) is 9.54. The molecule has 0 aromatic heterocycles. The highest BCUT2D eigenvalue weighted by Gasteiger charge is 2.12. The van der Waals surface area contributed by atoms with Crippen LogP contribution in [0.15, 0.2) is 100 Å². The average molecular weight is 385 g/mol. The van der Waals surface area contributed by atoms with E-state index in [1.54, 1.807) is 11.8 Å². The van der Waals surface area contributed by atoms with Crippen LogP contribution in [-0.4, -0.2) is 5.91 Å². The van der Waals surface area contributed by atoms with Crippen LogP contribution >= 0.6 is 11.8 Å². The third-order valence-corrected chi connectivity index (χ3v) is 4.96. The van der Waals surface area contributed by atoms with Crippen molar-refractivity contribution in [1.29, 1.82) is 5.26 Å². The predicted molar refractivity (Wildman–Crippen MR) is 114 cm³/mol. The number of hydrogen-bond donors (Lipinski definition) is 2. The van der Waals surface area contributed by atoms with E-state index < -0.39 is 5.91 Å². The fourth-order valence-electron chi connectivity index (χ4n) is 2.50. The van der Waals surface area contributed by atoms with Gasteiger partial charge >= 0.3 is 0 Å². The Hall–Kier alpha value is -3.49. The van der Waals surface area contributed by atoms with Gasteiger partial charge in [-0.05, 0) is 48.9 Å². The lowest BCUT2D eigenvalue weighted by molar-refractivity contribution is -0.112. The highest BCUT2D eigenvalue weighted by atomic mass is 32.2. The minimum absolute atomic E-state index is 0.000945. The lowest BCUT2D eigenvalue weighted by Gasteiger charge is -2.10. The second kappa shape index (κ2) is 9.45. The van der Waals surface area contributed by atoms with Crippen molar-refractivity contribution in [2.45, 2.75) is 16.7 Å². The predicted octanol–water partition coefficient (Wildman–Crippen LogP) is 5.60. The highest BCUT2D eigenvalue weighted by Crippen LogP contribution is 2.33. The van der Waals surface area contributed by atoms with Crippen molar-refractivity contribution in [2.24, 2.45) is 0 Å². The van der Waals surface area contributed by atoms with Crippen molar-refractivity contribution in [1.82, 2.24) is 0 Å². The summed E-state index contributed by atoms with van der Waals surface area (Å²) in [5.41, 5.74) is 2.58. The van der Waals surface area contributed by atoms with Crippen LogP contribution in [-0.2, 0) is 4.79 Å². The van der Waals surface area contributed by atoms with Gasteiger partial charge in [0, 0.05) is 21.7 Å². The molecule has 1 amide bonds. The summed E-state index contributed by atoms with van der Waals surface area (Å²) in [5, 5.41) is 15.2. The lowest BCUT2D eigenvalue weighted by atomic mass is 10.2. The maximum Gasteiger partial charge on any atom is 0.267 e. The van der Waals surface area contributed by atoms with E-state index in [1.807, 2.05) is 91.9 Å². The SMILES string of the molecule is Cc1cccc(N/C=C(/C#N)C(=O)Nc2ccccc2Sc2ccccc2)c1. The number of nitriles is 1. The molecule has 0 aliphatic heterocycles. The molecule has 4 nitrogen and oxygen atoms in total. The van der Waals surface area contributed by atoms with Crippen LogP contribution in [0.3, 0.4) is 0 Å². The van der Waals surface area contributed by atoms with E-state index in [4.69, 9.17) is 0 Å². The van der Waals surface area contributed by atoms with Crippen LogP contribution in [0.2, 0.25) is 0 Å². The molecular weight excluding hydrogens is 366 g/mol. The molecule has 0 fully saturated rings. The first-order valence-electron chi connectivity index (χ1n) is 8.72. The topological polar surface area (TPSA) is 64.9 Å². The Balaban J connectivity index is 1.74. The number of anilines is 2. The molecule has 0 bridgehead atoms. The van der Waals surface area contributed by atoms with Crippen LogP contribution in [0.4, 0.5) is 11.4 Å². The van der Waals surface area contributed by atoms with Crippen LogP contribution in [0.1, 0.15) is 5.56 Å². The summed E-state index contributed by atoms with van der Waals surface area (Å²) >= 11 is 1.55. The fraction of sp³-hybridized carbons (Fsp3) is 0.0435. The summed E-state index contributed by atoms with van der Waals surface area (Å²) < 4.78 is 0. The first-order chi connectivity index (χ1) is 13.7. The number of carbonyl (C=O) groups is 1. The molecule has 0 aliphatic carbocycles. The van der Waals surface area contributed by atoms with Crippen molar-refractivity contribution in [3.8, 4) is 6.07 Å². The van der Waals surface area contributed by atoms with Gasteiger partial charge in [-0.1, -0.05) is 54.2 Å². The van der Waals surface area contributed by atoms with E-state index in [0.717, 1.165) is 21.0 Å². The minimum Gasteiger partial charge on any atom is -0.360 e. The Kier molecular flexibility index (Phi) is 6.50. The number of hydrogen-bond acceptors (Lipinski definition) is 4. The Morgan fingerprint density at radius 2 is 1.75 bits per heavy atom. The second-order valence-electron chi connectivity index (χ2n) is 6.05. The van der Waals surface area contributed by atoms with Gasteiger partial charge in [-0.3, -0.25) is 4.79 Å². The van der Waals surface area contributed by atoms with Crippen LogP contribution in [0.5, 0.6) is 0 Å². The minimum atomic E-state index is -0.455. The molecule has 3 aromatic rings. The van der Waals surface area contributed by atoms with Gasteiger partial charge in [0.05, 0.1) is 5.69 Å². The van der Waals surface area contributed by atoms with E-state index in [1.165, 1.54) is 6.20 Å². The molecule has 3 rings (SSSR count). The largest absolute Gasteiger partial charge is 0.360 e. The third-order valence-electron chi connectivity index (χ3n) is 3.87. The van der Waals surface area contributed by atoms with Gasteiger partial charge in [-0.2, -0.15) is 5.26 Å². The zero-order chi connectivity index (χ0) is 19.8. The van der Waals surface area contributed by atoms with E-state index in [0.29, 0.717) is 5.69 Å². The number of benzene rings is 3. The van der Waals surface area contributed by atoms with Gasteiger partial charge in [0.25, 0.3) is 5.91 Å². The van der Waals surface area contributed by atoms with Gasteiger partial charge in [0.2, 0.25) is 0 Å². The van der Waals surface area contributed by atoms with E-state index in [9.17, 15) is 10.1 Å². The standard InChI is InChI=1S/C23H19N3OS/c1-17-8-7-9-19(14-17)25-16-18(15-24)23(27)26-21-12-5-6-13-22(21)28-20-10-3-2-4-11-20/h2-14,16,25H,1H3,(H,26,27)/b18-16-. The van der Waals surface area contributed by atoms with E-state index >= 15 is 0 Å². The normalized spacial score (nSPS) is 10.8. The molecule has 0 spiro atoms. The Bertz CT molecular complexity index is 1040. The lowest BCUT2D eigenvalue weighted by Crippen LogP contribution is -2.15. The average Bonchev–Trinajstić information content (AvgIpc) is 2.71. The molecule has 0 radical (unpaired) electrons. The van der Waals surface area contributed by atoms with Gasteiger partial charge in [0.1, 0.15) is 11.6 Å².